The lowest BCUT2D eigenvalue weighted by molar-refractivity contribution is -0.136. The minimum Gasteiger partial charge on any atom is -0.344 e. The molecule has 1 unspecified atom stereocenters. The fraction of sp³-hybridized carbons (Fsp3) is 0.500. The summed E-state index contributed by atoms with van der Waals surface area (Å²) in [5.74, 6) is -0.0889. The Labute approximate surface area is 134 Å². The average Bonchev–Trinajstić information content (AvgIpc) is 2.49. The number of likely N-dealkylation sites (tertiary alicyclic amines) is 1. The van der Waals surface area contributed by atoms with Crippen LogP contribution < -0.4 is 5.32 Å². The highest BCUT2D eigenvalue weighted by Crippen LogP contribution is 2.12. The molecule has 1 aromatic rings. The van der Waals surface area contributed by atoms with Crippen LogP contribution in [0.5, 0.6) is 0 Å². The van der Waals surface area contributed by atoms with E-state index >= 15 is 0 Å². The van der Waals surface area contributed by atoms with E-state index < -0.39 is 6.04 Å². The largest absolute Gasteiger partial charge is 0.344 e. The predicted octanol–water partition coefficient (Wildman–Crippen LogP) is 2.51. The first-order chi connectivity index (χ1) is 10.1. The van der Waals surface area contributed by atoms with Crippen LogP contribution in [0.4, 0.5) is 0 Å². The molecule has 5 heteroatoms. The highest BCUT2D eigenvalue weighted by atomic mass is 79.9. The molecule has 1 atom stereocenters. The van der Waals surface area contributed by atoms with Gasteiger partial charge in [-0.2, -0.15) is 0 Å². The lowest BCUT2D eigenvalue weighted by atomic mass is 10.1. The zero-order valence-electron chi connectivity index (χ0n) is 12.3. The molecule has 1 aromatic carbocycles. The number of nitrogens with zero attached hydrogens (tertiary/aromatic N) is 1. The van der Waals surface area contributed by atoms with Gasteiger partial charge in [-0.05, 0) is 43.9 Å². The average molecular weight is 353 g/mol. The molecular weight excluding hydrogens is 332 g/mol. The van der Waals surface area contributed by atoms with Gasteiger partial charge < -0.3 is 10.2 Å². The predicted molar refractivity (Wildman–Crippen MR) is 85.9 cm³/mol. The molecule has 0 aliphatic carbocycles. The molecule has 1 aliphatic rings. The van der Waals surface area contributed by atoms with E-state index in [4.69, 9.17) is 0 Å². The summed E-state index contributed by atoms with van der Waals surface area (Å²) in [4.78, 5) is 26.1. The quantitative estimate of drug-likeness (QED) is 0.904. The molecule has 0 spiro atoms. The first-order valence-electron chi connectivity index (χ1n) is 7.39. The summed E-state index contributed by atoms with van der Waals surface area (Å²) < 4.78 is 0.986. The van der Waals surface area contributed by atoms with Gasteiger partial charge in [0.05, 0.1) is 6.42 Å². The van der Waals surface area contributed by atoms with Crippen molar-refractivity contribution in [1.29, 1.82) is 0 Å². The molecule has 1 N–H and O–H groups in total. The van der Waals surface area contributed by atoms with Gasteiger partial charge in [0.15, 0.2) is 0 Å². The van der Waals surface area contributed by atoms with Crippen molar-refractivity contribution >= 4 is 27.7 Å². The van der Waals surface area contributed by atoms with E-state index in [1.165, 1.54) is 6.42 Å². The van der Waals surface area contributed by atoms with E-state index in [2.05, 4.69) is 21.2 Å². The Hall–Kier alpha value is -1.36. The second-order valence-electron chi connectivity index (χ2n) is 5.48. The van der Waals surface area contributed by atoms with Crippen LogP contribution in [0.2, 0.25) is 0 Å². The molecule has 2 amide bonds. The Morgan fingerprint density at radius 2 is 1.81 bits per heavy atom. The number of hydrogen-bond donors (Lipinski definition) is 1. The zero-order valence-corrected chi connectivity index (χ0v) is 13.9. The van der Waals surface area contributed by atoms with Crippen LogP contribution in [-0.2, 0) is 16.0 Å². The number of hydrogen-bond acceptors (Lipinski definition) is 2. The number of benzene rings is 1. The Kier molecular flexibility index (Phi) is 5.79. The van der Waals surface area contributed by atoms with Gasteiger partial charge in [0, 0.05) is 17.6 Å². The first kappa shape index (κ1) is 16.0. The normalized spacial score (nSPS) is 16.4. The molecule has 1 fully saturated rings. The van der Waals surface area contributed by atoms with E-state index in [1.807, 2.05) is 29.2 Å². The number of piperidine rings is 1. The zero-order chi connectivity index (χ0) is 15.2. The van der Waals surface area contributed by atoms with Crippen molar-refractivity contribution in [3.05, 3.63) is 34.3 Å². The molecule has 0 saturated carbocycles. The summed E-state index contributed by atoms with van der Waals surface area (Å²) in [7, 11) is 0. The fourth-order valence-corrected chi connectivity index (χ4v) is 2.79. The molecule has 0 bridgehead atoms. The van der Waals surface area contributed by atoms with Crippen molar-refractivity contribution in [3.63, 3.8) is 0 Å². The van der Waals surface area contributed by atoms with Crippen molar-refractivity contribution < 1.29 is 9.59 Å². The van der Waals surface area contributed by atoms with Gasteiger partial charge in [-0.25, -0.2) is 0 Å². The highest BCUT2D eigenvalue weighted by Gasteiger charge is 2.23. The van der Waals surface area contributed by atoms with Crippen LogP contribution in [0.3, 0.4) is 0 Å². The number of halogens is 1. The Bertz CT molecular complexity index is 496. The topological polar surface area (TPSA) is 49.4 Å². The van der Waals surface area contributed by atoms with Gasteiger partial charge in [0.25, 0.3) is 0 Å². The SMILES string of the molecule is CC(NC(=O)Cc1ccc(Br)cc1)C(=O)N1CCCCC1. The van der Waals surface area contributed by atoms with Gasteiger partial charge in [0.1, 0.15) is 6.04 Å². The van der Waals surface area contributed by atoms with E-state index in [0.29, 0.717) is 6.42 Å². The second kappa shape index (κ2) is 7.59. The Morgan fingerprint density at radius 1 is 1.19 bits per heavy atom. The minimum absolute atomic E-state index is 0.0267. The lowest BCUT2D eigenvalue weighted by Gasteiger charge is -2.29. The highest BCUT2D eigenvalue weighted by molar-refractivity contribution is 9.10. The van der Waals surface area contributed by atoms with Crippen LogP contribution in [0.25, 0.3) is 0 Å². The molecule has 2 rings (SSSR count). The molecular formula is C16H21BrN2O2. The maximum atomic E-state index is 12.2. The van der Waals surface area contributed by atoms with Crippen molar-refractivity contribution in [3.8, 4) is 0 Å². The summed E-state index contributed by atoms with van der Waals surface area (Å²) in [6, 6.07) is 7.17. The van der Waals surface area contributed by atoms with Crippen molar-refractivity contribution in [2.75, 3.05) is 13.1 Å². The third-order valence-electron chi connectivity index (χ3n) is 3.69. The lowest BCUT2D eigenvalue weighted by Crippen LogP contribution is -2.48. The van der Waals surface area contributed by atoms with E-state index in [0.717, 1.165) is 36.0 Å². The third kappa shape index (κ3) is 4.84. The summed E-state index contributed by atoms with van der Waals surface area (Å²) in [5, 5.41) is 2.80. The van der Waals surface area contributed by atoms with Gasteiger partial charge in [-0.15, -0.1) is 0 Å². The maximum absolute atomic E-state index is 12.2. The van der Waals surface area contributed by atoms with Crippen LogP contribution in [-0.4, -0.2) is 35.8 Å². The van der Waals surface area contributed by atoms with Crippen LogP contribution in [0.15, 0.2) is 28.7 Å². The molecule has 4 nitrogen and oxygen atoms in total. The number of carbonyl (C=O) groups is 2. The molecule has 1 saturated heterocycles. The van der Waals surface area contributed by atoms with Crippen LogP contribution >= 0.6 is 15.9 Å². The maximum Gasteiger partial charge on any atom is 0.244 e. The van der Waals surface area contributed by atoms with Gasteiger partial charge in [0.2, 0.25) is 11.8 Å². The first-order valence-corrected chi connectivity index (χ1v) is 8.18. The second-order valence-corrected chi connectivity index (χ2v) is 6.39. The standard InChI is InChI=1S/C16H21BrN2O2/c1-12(16(21)19-9-3-2-4-10-19)18-15(20)11-13-5-7-14(17)8-6-13/h5-8,12H,2-4,9-11H2,1H3,(H,18,20). The van der Waals surface area contributed by atoms with Crippen molar-refractivity contribution in [2.24, 2.45) is 0 Å². The minimum atomic E-state index is -0.453. The smallest absolute Gasteiger partial charge is 0.244 e. The summed E-state index contributed by atoms with van der Waals surface area (Å²) in [6.45, 7) is 3.38. The van der Waals surface area contributed by atoms with E-state index in [9.17, 15) is 9.59 Å². The van der Waals surface area contributed by atoms with Crippen LogP contribution in [0, 0.1) is 0 Å². The van der Waals surface area contributed by atoms with E-state index in [1.54, 1.807) is 6.92 Å². The Balaban J connectivity index is 1.83. The fourth-order valence-electron chi connectivity index (χ4n) is 2.53. The molecule has 114 valence electrons. The summed E-state index contributed by atoms with van der Waals surface area (Å²) in [5.41, 5.74) is 0.938. The Morgan fingerprint density at radius 3 is 2.43 bits per heavy atom. The van der Waals surface area contributed by atoms with E-state index in [-0.39, 0.29) is 11.8 Å². The molecule has 1 aliphatic heterocycles. The number of carbonyl (C=O) groups excluding carboxylic acids is 2. The summed E-state index contributed by atoms with van der Waals surface area (Å²) >= 11 is 3.36. The number of rotatable bonds is 4. The monoisotopic (exact) mass is 352 g/mol. The molecule has 0 radical (unpaired) electrons. The molecule has 0 aromatic heterocycles. The molecule has 21 heavy (non-hydrogen) atoms. The number of nitrogens with one attached hydrogen (secondary N) is 1. The van der Waals surface area contributed by atoms with Gasteiger partial charge in [-0.3, -0.25) is 9.59 Å². The molecule has 1 heterocycles. The van der Waals surface area contributed by atoms with Gasteiger partial charge in [-0.1, -0.05) is 28.1 Å². The number of amides is 2. The van der Waals surface area contributed by atoms with Crippen LogP contribution in [0.1, 0.15) is 31.7 Å². The third-order valence-corrected chi connectivity index (χ3v) is 4.22. The van der Waals surface area contributed by atoms with Crippen molar-refractivity contribution in [2.45, 2.75) is 38.6 Å². The summed E-state index contributed by atoms with van der Waals surface area (Å²) in [6.07, 6.45) is 3.61. The van der Waals surface area contributed by atoms with Gasteiger partial charge >= 0.3 is 0 Å². The van der Waals surface area contributed by atoms with Crippen molar-refractivity contribution in [1.82, 2.24) is 10.2 Å².